The molecule has 0 bridgehead atoms. The molecule has 2 saturated carbocycles. The second-order valence-corrected chi connectivity index (χ2v) is 11.5. The van der Waals surface area contributed by atoms with Gasteiger partial charge in [0.2, 0.25) is 0 Å². The van der Waals surface area contributed by atoms with Crippen LogP contribution in [0.15, 0.2) is 48.5 Å². The van der Waals surface area contributed by atoms with Crippen LogP contribution < -0.4 is 10.6 Å². The fraction of sp³-hybridized carbons (Fsp3) is 0.471. The molecule has 0 aromatic heterocycles. The van der Waals surface area contributed by atoms with Gasteiger partial charge in [-0.25, -0.2) is 9.59 Å². The molecule has 0 atom stereocenters. The maximum absolute atomic E-state index is 13.1. The Morgan fingerprint density at radius 3 is 1.95 bits per heavy atom. The van der Waals surface area contributed by atoms with Gasteiger partial charge in [-0.05, 0) is 103 Å². The van der Waals surface area contributed by atoms with E-state index in [4.69, 9.17) is 9.47 Å². The van der Waals surface area contributed by atoms with Crippen molar-refractivity contribution < 1.29 is 19.1 Å². The fourth-order valence-electron chi connectivity index (χ4n) is 6.67. The van der Waals surface area contributed by atoms with Crippen LogP contribution in [0.4, 0.5) is 0 Å². The number of hydrogen-bond acceptors (Lipinski definition) is 6. The Morgan fingerprint density at radius 1 is 0.675 bits per heavy atom. The molecule has 2 N–H and O–H groups in total. The van der Waals surface area contributed by atoms with Crippen molar-refractivity contribution in [3.63, 3.8) is 0 Å². The van der Waals surface area contributed by atoms with Crippen LogP contribution in [0.25, 0.3) is 33.0 Å². The van der Waals surface area contributed by atoms with Crippen LogP contribution in [-0.4, -0.2) is 50.3 Å². The van der Waals surface area contributed by atoms with Gasteiger partial charge in [0.25, 0.3) is 0 Å². The summed E-state index contributed by atoms with van der Waals surface area (Å²) >= 11 is 0. The predicted octanol–water partition coefficient (Wildman–Crippen LogP) is 6.65. The monoisotopic (exact) mass is 540 g/mol. The summed E-state index contributed by atoms with van der Waals surface area (Å²) in [6.07, 6.45) is 11.9. The van der Waals surface area contributed by atoms with E-state index in [-0.39, 0.29) is 11.9 Å². The van der Waals surface area contributed by atoms with Crippen LogP contribution >= 0.6 is 0 Å². The third-order valence-electron chi connectivity index (χ3n) is 8.78. The Morgan fingerprint density at radius 2 is 1.27 bits per heavy atom. The van der Waals surface area contributed by atoms with Crippen molar-refractivity contribution in [3.8, 4) is 22.3 Å². The highest BCUT2D eigenvalue weighted by atomic mass is 16.5. The zero-order chi connectivity index (χ0) is 27.3. The molecular formula is C34H40N2O4. The second kappa shape index (κ2) is 12.5. The first-order valence-corrected chi connectivity index (χ1v) is 15.2. The maximum atomic E-state index is 13.1. The third-order valence-corrected chi connectivity index (χ3v) is 8.78. The standard InChI is InChI=1S/C34H40N2O4/c37-33(39-20-6-18-35-24-8-1-2-9-24)23-14-15-26-29-16-17-30(27-12-5-13-28(32(27)29)31(26)22-23)34(38)40-21-7-19-36-25-10-3-4-11-25/h5,12-17,22,24-25,35-36H,1-4,6-11,18-21H2. The molecule has 6 rings (SSSR count). The van der Waals surface area contributed by atoms with E-state index >= 15 is 0 Å². The van der Waals surface area contributed by atoms with Crippen LogP contribution in [0.3, 0.4) is 0 Å². The van der Waals surface area contributed by atoms with Gasteiger partial charge in [-0.15, -0.1) is 0 Å². The molecule has 3 aliphatic rings. The summed E-state index contributed by atoms with van der Waals surface area (Å²) in [5, 5.41) is 9.06. The van der Waals surface area contributed by atoms with Crippen molar-refractivity contribution in [1.29, 1.82) is 0 Å². The van der Waals surface area contributed by atoms with Crippen molar-refractivity contribution in [2.75, 3.05) is 26.3 Å². The molecule has 0 amide bonds. The van der Waals surface area contributed by atoms with Gasteiger partial charge in [0.1, 0.15) is 0 Å². The Kier molecular flexibility index (Phi) is 8.45. The number of carbonyl (C=O) groups is 2. The van der Waals surface area contributed by atoms with Gasteiger partial charge in [-0.1, -0.05) is 56.0 Å². The van der Waals surface area contributed by atoms with Crippen molar-refractivity contribution in [2.45, 2.75) is 76.3 Å². The number of benzene rings is 3. The minimum Gasteiger partial charge on any atom is -0.462 e. The van der Waals surface area contributed by atoms with E-state index in [0.717, 1.165) is 59.0 Å². The summed E-state index contributed by atoms with van der Waals surface area (Å²) in [6.45, 7) is 2.57. The van der Waals surface area contributed by atoms with Crippen LogP contribution in [0.1, 0.15) is 84.9 Å². The lowest BCUT2D eigenvalue weighted by Crippen LogP contribution is -2.27. The highest BCUT2D eigenvalue weighted by molar-refractivity contribution is 6.20. The number of esters is 2. The molecule has 0 aliphatic heterocycles. The maximum Gasteiger partial charge on any atom is 0.338 e. The molecular weight excluding hydrogens is 500 g/mol. The van der Waals surface area contributed by atoms with Crippen molar-refractivity contribution in [2.24, 2.45) is 0 Å². The van der Waals surface area contributed by atoms with Crippen LogP contribution in [-0.2, 0) is 9.47 Å². The zero-order valence-electron chi connectivity index (χ0n) is 23.3. The Balaban J connectivity index is 1.09. The van der Waals surface area contributed by atoms with Crippen LogP contribution in [0.5, 0.6) is 0 Å². The first-order valence-electron chi connectivity index (χ1n) is 15.2. The summed E-state index contributed by atoms with van der Waals surface area (Å²) in [7, 11) is 0. The van der Waals surface area contributed by atoms with Crippen molar-refractivity contribution in [1.82, 2.24) is 10.6 Å². The zero-order valence-corrected chi connectivity index (χ0v) is 23.3. The molecule has 6 nitrogen and oxygen atoms in total. The Hall–Kier alpha value is -3.22. The molecule has 0 spiro atoms. The van der Waals surface area contributed by atoms with Gasteiger partial charge in [0.15, 0.2) is 0 Å². The molecule has 3 aliphatic carbocycles. The minimum atomic E-state index is -0.293. The smallest absolute Gasteiger partial charge is 0.338 e. The van der Waals surface area contributed by atoms with E-state index in [1.165, 1.54) is 51.4 Å². The molecule has 210 valence electrons. The molecule has 0 radical (unpaired) electrons. The van der Waals surface area contributed by atoms with E-state index in [1.54, 1.807) is 0 Å². The summed E-state index contributed by atoms with van der Waals surface area (Å²) in [5.74, 6) is -0.578. The van der Waals surface area contributed by atoms with Crippen LogP contribution in [0, 0.1) is 0 Å². The molecule has 3 aromatic carbocycles. The highest BCUT2D eigenvalue weighted by Crippen LogP contribution is 2.48. The first-order chi connectivity index (χ1) is 19.7. The van der Waals surface area contributed by atoms with Crippen LogP contribution in [0.2, 0.25) is 0 Å². The van der Waals surface area contributed by atoms with E-state index in [9.17, 15) is 9.59 Å². The van der Waals surface area contributed by atoms with Gasteiger partial charge in [-0.3, -0.25) is 0 Å². The molecule has 2 fully saturated rings. The van der Waals surface area contributed by atoms with Gasteiger partial charge in [0.05, 0.1) is 24.3 Å². The molecule has 0 saturated heterocycles. The number of fused-ring (bicyclic) bond motifs is 3. The lowest BCUT2D eigenvalue weighted by molar-refractivity contribution is 0.0492. The van der Waals surface area contributed by atoms with Gasteiger partial charge >= 0.3 is 11.9 Å². The third kappa shape index (κ3) is 5.79. The molecule has 3 aromatic rings. The topological polar surface area (TPSA) is 76.7 Å². The average Bonchev–Trinajstić information content (AvgIpc) is 3.75. The van der Waals surface area contributed by atoms with Crippen molar-refractivity contribution >= 4 is 22.7 Å². The highest BCUT2D eigenvalue weighted by Gasteiger charge is 2.25. The molecule has 0 heterocycles. The number of carbonyl (C=O) groups excluding carboxylic acids is 2. The van der Waals surface area contributed by atoms with E-state index in [2.05, 4.69) is 16.7 Å². The molecule has 40 heavy (non-hydrogen) atoms. The Labute approximate surface area is 236 Å². The predicted molar refractivity (Wildman–Crippen MR) is 159 cm³/mol. The van der Waals surface area contributed by atoms with Gasteiger partial charge < -0.3 is 20.1 Å². The number of rotatable bonds is 12. The lowest BCUT2D eigenvalue weighted by atomic mass is 9.98. The van der Waals surface area contributed by atoms with Crippen molar-refractivity contribution in [3.05, 3.63) is 59.7 Å². The summed E-state index contributed by atoms with van der Waals surface area (Å²) < 4.78 is 11.3. The Bertz CT molecular complexity index is 1370. The van der Waals surface area contributed by atoms with E-state index in [1.807, 2.05) is 42.5 Å². The summed E-state index contributed by atoms with van der Waals surface area (Å²) in [4.78, 5) is 25.9. The molecule has 0 unspecified atom stereocenters. The lowest BCUT2D eigenvalue weighted by Gasteiger charge is -2.12. The summed E-state index contributed by atoms with van der Waals surface area (Å²) in [6, 6.07) is 16.9. The van der Waals surface area contributed by atoms with Gasteiger partial charge in [0, 0.05) is 12.1 Å². The quantitative estimate of drug-likeness (QED) is 0.155. The molecule has 6 heteroatoms. The average molecular weight is 541 g/mol. The second-order valence-electron chi connectivity index (χ2n) is 11.5. The van der Waals surface area contributed by atoms with Gasteiger partial charge in [-0.2, -0.15) is 0 Å². The van der Waals surface area contributed by atoms with E-state index in [0.29, 0.717) is 36.4 Å². The number of hydrogen-bond donors (Lipinski definition) is 2. The minimum absolute atomic E-state index is 0.285. The normalized spacial score (nSPS) is 16.5. The number of ether oxygens (including phenoxy) is 2. The number of nitrogens with one attached hydrogen (secondary N) is 2. The first kappa shape index (κ1) is 27.0. The summed E-state index contributed by atoms with van der Waals surface area (Å²) in [5.41, 5.74) is 5.33. The fourth-order valence-corrected chi connectivity index (χ4v) is 6.67. The largest absolute Gasteiger partial charge is 0.462 e. The van der Waals surface area contributed by atoms with E-state index < -0.39 is 0 Å². The SMILES string of the molecule is O=C(OCCCNC1CCCC1)c1ccc2c(c1)-c1cccc3c(C(=O)OCCCNC4CCCC4)ccc-2c13.